The number of hydrogen-bond acceptors (Lipinski definition) is 7. The van der Waals surface area contributed by atoms with Crippen molar-refractivity contribution in [2.45, 2.75) is 38.0 Å². The summed E-state index contributed by atoms with van der Waals surface area (Å²) in [7, 11) is 0. The van der Waals surface area contributed by atoms with Gasteiger partial charge < -0.3 is 20.2 Å². The maximum absolute atomic E-state index is 13.4. The number of aromatic hydroxyl groups is 2. The molecule has 9 nitrogen and oxygen atoms in total. The molecule has 0 radical (unpaired) electrons. The molecule has 3 heterocycles. The first kappa shape index (κ1) is 25.7. The maximum Gasteiger partial charge on any atom is 0.352 e. The van der Waals surface area contributed by atoms with Crippen LogP contribution in [-0.4, -0.2) is 91.7 Å². The Labute approximate surface area is 213 Å². The Morgan fingerprint density at radius 2 is 1.97 bits per heavy atom. The Hall–Kier alpha value is -2.43. The predicted octanol–water partition coefficient (Wildman–Crippen LogP) is 2.96. The number of carboxylic acids is 1. The molecule has 0 aromatic heterocycles. The maximum atomic E-state index is 13.4. The van der Waals surface area contributed by atoms with Crippen molar-refractivity contribution >= 4 is 41.1 Å². The predicted molar refractivity (Wildman–Crippen MR) is 133 cm³/mol. The molecule has 0 spiro atoms. The van der Waals surface area contributed by atoms with Gasteiger partial charge in [-0.15, -0.1) is 11.8 Å². The summed E-state index contributed by atoms with van der Waals surface area (Å²) >= 11 is 7.76. The molecule has 3 aliphatic rings. The molecule has 0 aliphatic carbocycles. The van der Waals surface area contributed by atoms with Crippen molar-refractivity contribution in [3.63, 3.8) is 0 Å². The highest BCUT2D eigenvalue weighted by atomic mass is 35.5. The molecule has 3 N–H and O–H groups in total. The number of aliphatic carboxylic acids is 1. The minimum atomic E-state index is -1.08. The van der Waals surface area contributed by atoms with Gasteiger partial charge in [-0.05, 0) is 43.0 Å². The van der Waals surface area contributed by atoms with Gasteiger partial charge in [-0.25, -0.2) is 4.79 Å². The first-order valence-corrected chi connectivity index (χ1v) is 13.2. The minimum Gasteiger partial charge on any atom is -0.504 e. The Kier molecular flexibility index (Phi) is 7.83. The number of thioether (sulfide) groups is 1. The van der Waals surface area contributed by atoms with E-state index in [4.69, 9.17) is 11.6 Å². The number of β-lactam (4-membered cyclic amide) rings is 1. The van der Waals surface area contributed by atoms with Gasteiger partial charge in [-0.1, -0.05) is 24.9 Å². The fraction of sp³-hybridized carbons (Fsp3) is 0.542. The highest BCUT2D eigenvalue weighted by Crippen LogP contribution is 2.40. The van der Waals surface area contributed by atoms with Gasteiger partial charge in [-0.3, -0.25) is 19.4 Å². The van der Waals surface area contributed by atoms with Crippen molar-refractivity contribution in [1.29, 1.82) is 0 Å². The highest BCUT2D eigenvalue weighted by molar-refractivity contribution is 8.00. The van der Waals surface area contributed by atoms with Gasteiger partial charge in [0.2, 0.25) is 5.91 Å². The van der Waals surface area contributed by atoms with Gasteiger partial charge in [0.1, 0.15) is 5.70 Å². The van der Waals surface area contributed by atoms with E-state index in [0.717, 1.165) is 31.4 Å². The number of hydrogen-bond donors (Lipinski definition) is 3. The lowest BCUT2D eigenvalue weighted by Crippen LogP contribution is -2.54. The summed E-state index contributed by atoms with van der Waals surface area (Å²) in [5.74, 6) is -1.60. The average Bonchev–Trinajstić information content (AvgIpc) is 2.92. The number of carbonyl (C=O) groups is 3. The van der Waals surface area contributed by atoms with E-state index in [-0.39, 0.29) is 39.2 Å². The number of carboxylic acid groups (broad SMARTS) is 1. The molecule has 2 amide bonds. The summed E-state index contributed by atoms with van der Waals surface area (Å²) in [5, 5.41) is 29.2. The van der Waals surface area contributed by atoms with E-state index in [9.17, 15) is 29.7 Å². The zero-order valence-electron chi connectivity index (χ0n) is 19.6. The number of phenolic OH excluding ortho intramolecular Hbond substituents is 2. The number of rotatable bonds is 5. The molecular formula is C24H30ClN3O6S. The number of fused-ring (bicyclic) bond motifs is 1. The van der Waals surface area contributed by atoms with Crippen LogP contribution in [0.1, 0.15) is 43.0 Å². The van der Waals surface area contributed by atoms with Crippen molar-refractivity contribution in [2.24, 2.45) is 5.92 Å². The lowest BCUT2D eigenvalue weighted by molar-refractivity contribution is -0.146. The lowest BCUT2D eigenvalue weighted by atomic mass is 9.99. The van der Waals surface area contributed by atoms with E-state index < -0.39 is 11.7 Å². The van der Waals surface area contributed by atoms with Gasteiger partial charge in [0.05, 0.1) is 22.4 Å². The third kappa shape index (κ3) is 5.24. The van der Waals surface area contributed by atoms with Gasteiger partial charge in [0.15, 0.2) is 11.5 Å². The fourth-order valence-electron chi connectivity index (χ4n) is 4.91. The zero-order chi connectivity index (χ0) is 25.3. The Morgan fingerprint density at radius 1 is 1.20 bits per heavy atom. The van der Waals surface area contributed by atoms with Crippen molar-refractivity contribution < 1.29 is 29.7 Å². The molecule has 2 saturated heterocycles. The van der Waals surface area contributed by atoms with Crippen LogP contribution in [0.4, 0.5) is 0 Å². The highest BCUT2D eigenvalue weighted by Gasteiger charge is 2.45. The molecule has 1 aromatic rings. The average molecular weight is 524 g/mol. The molecule has 0 saturated carbocycles. The van der Waals surface area contributed by atoms with Crippen molar-refractivity contribution in [3.05, 3.63) is 34.0 Å². The van der Waals surface area contributed by atoms with Crippen LogP contribution >= 0.6 is 23.4 Å². The molecule has 3 aliphatic heterocycles. The SMILES string of the molecule is CC[C@H]1CCCN(CC2=C(C(=O)O)N3C(=O)C[C@H]3SC2)CCN(C(=O)c2ccc(O)c(O)c2Cl)C1. The van der Waals surface area contributed by atoms with E-state index in [2.05, 4.69) is 11.8 Å². The standard InChI is InChI=1S/C24H30ClN3O6S/c1-2-14-4-3-7-26(12-15-13-35-19-10-18(30)28(19)21(15)24(33)34)8-9-27(11-14)23(32)16-5-6-17(29)22(31)20(16)25/h5-6,14,19,29,31H,2-4,7-13H2,1H3,(H,33,34)/t14-,19+/m0/s1. The summed E-state index contributed by atoms with van der Waals surface area (Å²) in [6.07, 6.45) is 3.11. The van der Waals surface area contributed by atoms with Gasteiger partial charge >= 0.3 is 5.97 Å². The summed E-state index contributed by atoms with van der Waals surface area (Å²) in [5.41, 5.74) is 0.961. The molecule has 2 fully saturated rings. The number of benzene rings is 1. The van der Waals surface area contributed by atoms with Gasteiger partial charge in [0, 0.05) is 31.9 Å². The third-order valence-electron chi connectivity index (χ3n) is 6.99. The van der Waals surface area contributed by atoms with Gasteiger partial charge in [0.25, 0.3) is 5.91 Å². The zero-order valence-corrected chi connectivity index (χ0v) is 21.1. The van der Waals surface area contributed by atoms with Crippen LogP contribution < -0.4 is 0 Å². The van der Waals surface area contributed by atoms with Crippen molar-refractivity contribution in [2.75, 3.05) is 38.5 Å². The number of amides is 2. The second-order valence-corrected chi connectivity index (χ2v) is 10.8. The monoisotopic (exact) mass is 523 g/mol. The summed E-state index contributed by atoms with van der Waals surface area (Å²) in [6.45, 7) is 4.75. The second-order valence-electron chi connectivity index (χ2n) is 9.23. The molecule has 190 valence electrons. The largest absolute Gasteiger partial charge is 0.504 e. The topological polar surface area (TPSA) is 122 Å². The van der Waals surface area contributed by atoms with E-state index in [0.29, 0.717) is 44.3 Å². The number of halogens is 1. The smallest absolute Gasteiger partial charge is 0.352 e. The van der Waals surface area contributed by atoms with Crippen LogP contribution in [0.15, 0.2) is 23.4 Å². The molecule has 0 unspecified atom stereocenters. The Bertz CT molecular complexity index is 1060. The summed E-state index contributed by atoms with van der Waals surface area (Å²) in [6, 6.07) is 2.66. The molecule has 0 bridgehead atoms. The van der Waals surface area contributed by atoms with Crippen molar-refractivity contribution in [1.82, 2.24) is 14.7 Å². The number of carbonyl (C=O) groups excluding carboxylic acids is 2. The second kappa shape index (κ2) is 10.7. The van der Waals surface area contributed by atoms with Gasteiger partial charge in [-0.2, -0.15) is 0 Å². The summed E-state index contributed by atoms with van der Waals surface area (Å²) < 4.78 is 0. The molecular weight excluding hydrogens is 494 g/mol. The first-order chi connectivity index (χ1) is 16.7. The third-order valence-corrected chi connectivity index (χ3v) is 8.65. The van der Waals surface area contributed by atoms with E-state index in [1.165, 1.54) is 17.0 Å². The van der Waals surface area contributed by atoms with Crippen LogP contribution in [0, 0.1) is 5.92 Å². The Morgan fingerprint density at radius 3 is 2.66 bits per heavy atom. The normalized spacial score (nSPS) is 23.8. The molecule has 2 atom stereocenters. The quantitative estimate of drug-likeness (QED) is 0.398. The van der Waals surface area contributed by atoms with E-state index in [1.54, 1.807) is 16.7 Å². The van der Waals surface area contributed by atoms with Crippen LogP contribution in [0.2, 0.25) is 5.02 Å². The van der Waals surface area contributed by atoms with E-state index in [1.807, 2.05) is 0 Å². The lowest BCUT2D eigenvalue weighted by Gasteiger charge is -2.44. The fourth-order valence-corrected chi connectivity index (χ4v) is 6.40. The van der Waals surface area contributed by atoms with Crippen LogP contribution in [-0.2, 0) is 9.59 Å². The Balaban J connectivity index is 1.55. The molecule has 4 rings (SSSR count). The molecule has 1 aromatic carbocycles. The van der Waals surface area contributed by atoms with Crippen molar-refractivity contribution in [3.8, 4) is 11.5 Å². The van der Waals surface area contributed by atoms with Crippen LogP contribution in [0.5, 0.6) is 11.5 Å². The minimum absolute atomic E-state index is 0.0854. The summed E-state index contributed by atoms with van der Waals surface area (Å²) in [4.78, 5) is 42.7. The van der Waals surface area contributed by atoms with E-state index >= 15 is 0 Å². The number of nitrogens with zero attached hydrogens (tertiary/aromatic N) is 3. The molecule has 35 heavy (non-hydrogen) atoms. The van der Waals surface area contributed by atoms with Crippen LogP contribution in [0.3, 0.4) is 0 Å². The number of phenols is 2. The van der Waals surface area contributed by atoms with Crippen LogP contribution in [0.25, 0.3) is 0 Å². The molecule has 11 heteroatoms. The first-order valence-electron chi connectivity index (χ1n) is 11.8.